The Balaban J connectivity index is 2.04. The van der Waals surface area contributed by atoms with Gasteiger partial charge in [-0.1, -0.05) is 11.2 Å². The van der Waals surface area contributed by atoms with Gasteiger partial charge in [-0.15, -0.1) is 0 Å². The molecule has 6 heteroatoms. The van der Waals surface area contributed by atoms with E-state index in [-0.39, 0.29) is 0 Å². The number of hydrogen-bond donors (Lipinski definition) is 1. The first-order chi connectivity index (χ1) is 9.63. The second-order valence-corrected chi connectivity index (χ2v) is 5.31. The monoisotopic (exact) mass is 330 g/mol. The molecule has 0 bridgehead atoms. The highest BCUT2D eigenvalue weighted by molar-refractivity contribution is 9.10. The Bertz CT molecular complexity index is 769. The maximum absolute atomic E-state index is 5.80. The lowest BCUT2D eigenvalue weighted by Gasteiger charge is -2.01. The van der Waals surface area contributed by atoms with Crippen molar-refractivity contribution in [3.63, 3.8) is 0 Å². The number of nitrogens with zero attached hydrogens (tertiary/aromatic N) is 3. The standard InChI is InChI=1S/C14H11BrN4O/c1-8-2-3-11(16)5-12(8)14-18-13(19-20-14)9-4-10(15)7-17-6-9/h2-7H,16H2,1H3. The highest BCUT2D eigenvalue weighted by atomic mass is 79.9. The number of nitrogens with two attached hydrogens (primary N) is 1. The molecule has 5 nitrogen and oxygen atoms in total. The first kappa shape index (κ1) is 12.8. The number of benzene rings is 1. The van der Waals surface area contributed by atoms with Gasteiger partial charge in [-0.25, -0.2) is 0 Å². The molecule has 0 amide bonds. The van der Waals surface area contributed by atoms with E-state index in [4.69, 9.17) is 10.3 Å². The van der Waals surface area contributed by atoms with Crippen molar-refractivity contribution in [2.24, 2.45) is 0 Å². The van der Waals surface area contributed by atoms with Crippen LogP contribution >= 0.6 is 15.9 Å². The Morgan fingerprint density at radius 2 is 2.05 bits per heavy atom. The van der Waals surface area contributed by atoms with Crippen molar-refractivity contribution in [1.29, 1.82) is 0 Å². The molecule has 0 unspecified atom stereocenters. The Hall–Kier alpha value is -2.21. The SMILES string of the molecule is Cc1ccc(N)cc1-c1nc(-c2cncc(Br)c2)no1. The van der Waals surface area contributed by atoms with Crippen molar-refractivity contribution in [2.45, 2.75) is 6.92 Å². The van der Waals surface area contributed by atoms with Crippen LogP contribution in [-0.4, -0.2) is 15.1 Å². The lowest BCUT2D eigenvalue weighted by Crippen LogP contribution is -1.89. The van der Waals surface area contributed by atoms with Crippen molar-refractivity contribution < 1.29 is 4.52 Å². The van der Waals surface area contributed by atoms with Crippen LogP contribution < -0.4 is 5.73 Å². The van der Waals surface area contributed by atoms with Crippen molar-refractivity contribution >= 4 is 21.6 Å². The third kappa shape index (κ3) is 2.42. The van der Waals surface area contributed by atoms with Crippen molar-refractivity contribution in [1.82, 2.24) is 15.1 Å². The first-order valence-corrected chi connectivity index (χ1v) is 6.74. The number of pyridine rings is 1. The Morgan fingerprint density at radius 3 is 2.85 bits per heavy atom. The zero-order chi connectivity index (χ0) is 14.1. The predicted molar refractivity (Wildman–Crippen MR) is 79.8 cm³/mol. The number of anilines is 1. The Labute approximate surface area is 124 Å². The number of aryl methyl sites for hydroxylation is 1. The normalized spacial score (nSPS) is 10.7. The van der Waals surface area contributed by atoms with Gasteiger partial charge in [0.15, 0.2) is 0 Å². The van der Waals surface area contributed by atoms with Crippen LogP contribution in [0.15, 0.2) is 45.7 Å². The van der Waals surface area contributed by atoms with Crippen molar-refractivity contribution in [3.05, 3.63) is 46.7 Å². The predicted octanol–water partition coefficient (Wildman–Crippen LogP) is 3.45. The summed E-state index contributed by atoms with van der Waals surface area (Å²) in [4.78, 5) is 8.49. The molecule has 3 rings (SSSR count). The highest BCUT2D eigenvalue weighted by Gasteiger charge is 2.13. The summed E-state index contributed by atoms with van der Waals surface area (Å²) in [5.74, 6) is 0.945. The van der Waals surface area contributed by atoms with Crippen LogP contribution in [0.5, 0.6) is 0 Å². The zero-order valence-corrected chi connectivity index (χ0v) is 12.3. The molecule has 2 heterocycles. The summed E-state index contributed by atoms with van der Waals surface area (Å²) < 4.78 is 6.18. The van der Waals surface area contributed by atoms with Crippen molar-refractivity contribution in [3.8, 4) is 22.8 Å². The molecular formula is C14H11BrN4O. The average Bonchev–Trinajstić information content (AvgIpc) is 2.91. The van der Waals surface area contributed by atoms with Crippen LogP contribution in [0.3, 0.4) is 0 Å². The van der Waals surface area contributed by atoms with Crippen LogP contribution in [0.2, 0.25) is 0 Å². The maximum atomic E-state index is 5.80. The zero-order valence-electron chi connectivity index (χ0n) is 10.7. The number of nitrogen functional groups attached to an aromatic ring is 1. The number of halogens is 1. The molecule has 2 N–H and O–H groups in total. The molecular weight excluding hydrogens is 320 g/mol. The molecule has 0 aliphatic heterocycles. The number of rotatable bonds is 2. The van der Waals surface area contributed by atoms with E-state index in [1.807, 2.05) is 31.2 Å². The fraction of sp³-hybridized carbons (Fsp3) is 0.0714. The third-order valence-electron chi connectivity index (χ3n) is 2.88. The Kier molecular flexibility index (Phi) is 3.23. The van der Waals surface area contributed by atoms with Gasteiger partial charge in [0, 0.05) is 33.7 Å². The van der Waals surface area contributed by atoms with Crippen LogP contribution in [0, 0.1) is 6.92 Å². The van der Waals surface area contributed by atoms with E-state index >= 15 is 0 Å². The molecule has 0 saturated carbocycles. The molecule has 0 saturated heterocycles. The summed E-state index contributed by atoms with van der Waals surface area (Å²) in [5.41, 5.74) is 9.11. The molecule has 20 heavy (non-hydrogen) atoms. The van der Waals surface area contributed by atoms with Crippen LogP contribution in [-0.2, 0) is 0 Å². The molecule has 0 spiro atoms. The van der Waals surface area contributed by atoms with Gasteiger partial charge in [0.25, 0.3) is 5.89 Å². The number of aromatic nitrogens is 3. The van der Waals surface area contributed by atoms with Crippen LogP contribution in [0.4, 0.5) is 5.69 Å². The summed E-state index contributed by atoms with van der Waals surface area (Å²) in [6.07, 6.45) is 3.39. The van der Waals surface area contributed by atoms with E-state index < -0.39 is 0 Å². The van der Waals surface area contributed by atoms with E-state index in [9.17, 15) is 0 Å². The second kappa shape index (κ2) is 5.05. The van der Waals surface area contributed by atoms with Crippen LogP contribution in [0.1, 0.15) is 5.56 Å². The van der Waals surface area contributed by atoms with Gasteiger partial charge < -0.3 is 10.3 Å². The summed E-state index contributed by atoms with van der Waals surface area (Å²) in [6.45, 7) is 1.97. The molecule has 0 radical (unpaired) electrons. The molecule has 2 aromatic heterocycles. The van der Waals surface area contributed by atoms with E-state index in [0.29, 0.717) is 17.4 Å². The third-order valence-corrected chi connectivity index (χ3v) is 3.31. The van der Waals surface area contributed by atoms with Crippen molar-refractivity contribution in [2.75, 3.05) is 5.73 Å². The summed E-state index contributed by atoms with van der Waals surface area (Å²) in [7, 11) is 0. The molecule has 0 aliphatic rings. The topological polar surface area (TPSA) is 77.8 Å². The highest BCUT2D eigenvalue weighted by Crippen LogP contribution is 2.27. The lowest BCUT2D eigenvalue weighted by molar-refractivity contribution is 0.432. The summed E-state index contributed by atoms with van der Waals surface area (Å²) >= 11 is 3.37. The second-order valence-electron chi connectivity index (χ2n) is 4.39. The summed E-state index contributed by atoms with van der Waals surface area (Å²) in [5, 5.41) is 3.99. The number of hydrogen-bond acceptors (Lipinski definition) is 5. The first-order valence-electron chi connectivity index (χ1n) is 5.94. The lowest BCUT2D eigenvalue weighted by atomic mass is 10.1. The molecule has 1 aromatic carbocycles. The van der Waals surface area contributed by atoms with Gasteiger partial charge in [0.2, 0.25) is 5.82 Å². The smallest absolute Gasteiger partial charge is 0.258 e. The summed E-state index contributed by atoms with van der Waals surface area (Å²) in [6, 6.07) is 7.48. The molecule has 3 aromatic rings. The van der Waals surface area contributed by atoms with E-state index in [2.05, 4.69) is 31.1 Å². The minimum Gasteiger partial charge on any atom is -0.399 e. The molecule has 100 valence electrons. The average molecular weight is 331 g/mol. The molecule has 0 atom stereocenters. The van der Waals surface area contributed by atoms with Gasteiger partial charge in [0.1, 0.15) is 0 Å². The minimum atomic E-state index is 0.449. The van der Waals surface area contributed by atoms with E-state index in [1.54, 1.807) is 12.4 Å². The molecule has 0 fully saturated rings. The molecule has 0 aliphatic carbocycles. The van der Waals surface area contributed by atoms with Gasteiger partial charge in [-0.3, -0.25) is 4.98 Å². The maximum Gasteiger partial charge on any atom is 0.258 e. The quantitative estimate of drug-likeness (QED) is 0.728. The Morgan fingerprint density at radius 1 is 1.20 bits per heavy atom. The van der Waals surface area contributed by atoms with Gasteiger partial charge in [-0.05, 0) is 46.6 Å². The van der Waals surface area contributed by atoms with Gasteiger partial charge in [-0.2, -0.15) is 4.98 Å². The van der Waals surface area contributed by atoms with E-state index in [0.717, 1.165) is 21.2 Å². The fourth-order valence-electron chi connectivity index (χ4n) is 1.85. The van der Waals surface area contributed by atoms with Gasteiger partial charge in [0.05, 0.1) is 0 Å². The van der Waals surface area contributed by atoms with Crippen LogP contribution in [0.25, 0.3) is 22.8 Å². The minimum absolute atomic E-state index is 0.449. The fourth-order valence-corrected chi connectivity index (χ4v) is 2.22. The van der Waals surface area contributed by atoms with E-state index in [1.165, 1.54) is 0 Å². The van der Waals surface area contributed by atoms with Gasteiger partial charge >= 0.3 is 0 Å². The largest absolute Gasteiger partial charge is 0.399 e.